The Labute approximate surface area is 99.1 Å². The second kappa shape index (κ2) is 4.12. The van der Waals surface area contributed by atoms with Gasteiger partial charge in [-0.1, -0.05) is 0 Å². The van der Waals surface area contributed by atoms with Crippen molar-refractivity contribution in [2.24, 2.45) is 0 Å². The number of nitrogens with zero attached hydrogens (tertiary/aromatic N) is 1. The summed E-state index contributed by atoms with van der Waals surface area (Å²) in [7, 11) is 0. The first-order valence-electron chi connectivity index (χ1n) is 4.17. The Kier molecular flexibility index (Phi) is 2.83. The summed E-state index contributed by atoms with van der Waals surface area (Å²) in [6.07, 6.45) is 1.57. The van der Waals surface area contributed by atoms with E-state index in [-0.39, 0.29) is 11.6 Å². The van der Waals surface area contributed by atoms with Gasteiger partial charge in [0.15, 0.2) is 0 Å². The van der Waals surface area contributed by atoms with Gasteiger partial charge in [0.1, 0.15) is 5.82 Å². The van der Waals surface area contributed by atoms with Crippen LogP contribution in [0.3, 0.4) is 0 Å². The lowest BCUT2D eigenvalue weighted by Gasteiger charge is -2.00. The first kappa shape index (κ1) is 10.3. The zero-order valence-corrected chi connectivity index (χ0v) is 10.0. The fourth-order valence-corrected chi connectivity index (χ4v) is 2.55. The number of aromatic nitrogens is 1. The zero-order valence-electron chi connectivity index (χ0n) is 7.61. The van der Waals surface area contributed by atoms with E-state index >= 15 is 0 Å². The SMILES string of the molecule is Nc1ncccc1C(=O)c1cc(Br)cs1. The predicted molar refractivity (Wildman–Crippen MR) is 64.1 cm³/mol. The number of ketones is 1. The molecule has 0 aromatic carbocycles. The van der Waals surface area contributed by atoms with E-state index in [1.54, 1.807) is 24.4 Å². The van der Waals surface area contributed by atoms with Crippen molar-refractivity contribution >= 4 is 38.9 Å². The second-order valence-electron chi connectivity index (χ2n) is 2.89. The van der Waals surface area contributed by atoms with Crippen molar-refractivity contribution in [3.63, 3.8) is 0 Å². The fourth-order valence-electron chi connectivity index (χ4n) is 1.17. The number of halogens is 1. The van der Waals surface area contributed by atoms with Crippen LogP contribution in [0.2, 0.25) is 0 Å². The van der Waals surface area contributed by atoms with Crippen LogP contribution < -0.4 is 5.73 Å². The average molecular weight is 283 g/mol. The van der Waals surface area contributed by atoms with Crippen LogP contribution in [0.4, 0.5) is 5.82 Å². The van der Waals surface area contributed by atoms with Crippen LogP contribution in [-0.4, -0.2) is 10.8 Å². The predicted octanol–water partition coefficient (Wildman–Crippen LogP) is 2.72. The Hall–Kier alpha value is -1.20. The summed E-state index contributed by atoms with van der Waals surface area (Å²) in [5.41, 5.74) is 6.08. The van der Waals surface area contributed by atoms with Gasteiger partial charge in [-0.15, -0.1) is 11.3 Å². The Balaban J connectivity index is 2.41. The van der Waals surface area contributed by atoms with Crippen molar-refractivity contribution in [3.8, 4) is 0 Å². The zero-order chi connectivity index (χ0) is 10.8. The Morgan fingerprint density at radius 3 is 2.93 bits per heavy atom. The third-order valence-corrected chi connectivity index (χ3v) is 3.56. The quantitative estimate of drug-likeness (QED) is 0.862. The minimum absolute atomic E-state index is 0.0868. The molecule has 0 fully saturated rings. The maximum absolute atomic E-state index is 12.0. The number of thiophene rings is 1. The molecule has 0 aliphatic rings. The van der Waals surface area contributed by atoms with Gasteiger partial charge in [-0.05, 0) is 34.1 Å². The molecule has 2 rings (SSSR count). The van der Waals surface area contributed by atoms with Crippen LogP contribution >= 0.6 is 27.3 Å². The highest BCUT2D eigenvalue weighted by Gasteiger charge is 2.14. The van der Waals surface area contributed by atoms with Gasteiger partial charge in [-0.25, -0.2) is 4.98 Å². The van der Waals surface area contributed by atoms with Crippen LogP contribution in [0.1, 0.15) is 15.2 Å². The molecule has 2 aromatic heterocycles. The molecule has 0 spiro atoms. The highest BCUT2D eigenvalue weighted by molar-refractivity contribution is 9.10. The van der Waals surface area contributed by atoms with Gasteiger partial charge in [0.05, 0.1) is 10.4 Å². The summed E-state index contributed by atoms with van der Waals surface area (Å²) in [5.74, 6) is 0.184. The van der Waals surface area contributed by atoms with Gasteiger partial charge < -0.3 is 5.73 Å². The molecule has 0 aliphatic carbocycles. The molecular formula is C10H7BrN2OS. The number of pyridine rings is 1. The van der Waals surface area contributed by atoms with E-state index in [2.05, 4.69) is 20.9 Å². The highest BCUT2D eigenvalue weighted by atomic mass is 79.9. The van der Waals surface area contributed by atoms with Crippen LogP contribution in [0.15, 0.2) is 34.2 Å². The van der Waals surface area contributed by atoms with Gasteiger partial charge in [0.25, 0.3) is 0 Å². The summed E-state index contributed by atoms with van der Waals surface area (Å²) in [5, 5.41) is 1.86. The summed E-state index contributed by atoms with van der Waals surface area (Å²) in [6, 6.07) is 5.16. The van der Waals surface area contributed by atoms with E-state index < -0.39 is 0 Å². The minimum atomic E-state index is -0.0868. The summed E-state index contributed by atoms with van der Waals surface area (Å²) in [4.78, 5) is 16.5. The number of nitrogen functional groups attached to an aromatic ring is 1. The van der Waals surface area contributed by atoms with Crippen molar-refractivity contribution in [1.29, 1.82) is 0 Å². The molecule has 3 nitrogen and oxygen atoms in total. The summed E-state index contributed by atoms with van der Waals surface area (Å²) < 4.78 is 0.901. The topological polar surface area (TPSA) is 56.0 Å². The molecule has 0 radical (unpaired) electrons. The van der Waals surface area contributed by atoms with Gasteiger partial charge >= 0.3 is 0 Å². The standard InChI is InChI=1S/C10H7BrN2OS/c11-6-4-8(15-5-6)9(14)7-2-1-3-13-10(7)12/h1-5H,(H2,12,13). The van der Waals surface area contributed by atoms with Crippen LogP contribution in [0.25, 0.3) is 0 Å². The lowest BCUT2D eigenvalue weighted by molar-refractivity contribution is 0.104. The fraction of sp³-hybridized carbons (Fsp3) is 0. The van der Waals surface area contributed by atoms with E-state index in [1.165, 1.54) is 11.3 Å². The molecule has 0 bridgehead atoms. The number of carbonyl (C=O) groups excluding carboxylic acids is 1. The molecule has 0 saturated heterocycles. The van der Waals surface area contributed by atoms with E-state index in [0.717, 1.165) is 4.47 Å². The molecule has 0 unspecified atom stereocenters. The molecule has 0 amide bonds. The largest absolute Gasteiger partial charge is 0.383 e. The van der Waals surface area contributed by atoms with Crippen LogP contribution in [0, 0.1) is 0 Å². The van der Waals surface area contributed by atoms with Gasteiger partial charge in [-0.2, -0.15) is 0 Å². The Morgan fingerprint density at radius 2 is 2.33 bits per heavy atom. The normalized spacial score (nSPS) is 10.2. The Morgan fingerprint density at radius 1 is 1.53 bits per heavy atom. The molecule has 0 saturated carbocycles. The maximum atomic E-state index is 12.0. The second-order valence-corrected chi connectivity index (χ2v) is 4.72. The molecule has 76 valence electrons. The Bertz CT molecular complexity index is 510. The lowest BCUT2D eigenvalue weighted by Crippen LogP contribution is -2.04. The van der Waals surface area contributed by atoms with E-state index in [0.29, 0.717) is 10.4 Å². The molecule has 0 atom stereocenters. The maximum Gasteiger partial charge on any atom is 0.206 e. The number of anilines is 1. The first-order chi connectivity index (χ1) is 7.18. The smallest absolute Gasteiger partial charge is 0.206 e. The first-order valence-corrected chi connectivity index (χ1v) is 5.85. The monoisotopic (exact) mass is 282 g/mol. The van der Waals surface area contributed by atoms with Crippen molar-refractivity contribution < 1.29 is 4.79 Å². The van der Waals surface area contributed by atoms with Crippen molar-refractivity contribution in [3.05, 3.63) is 44.7 Å². The van der Waals surface area contributed by atoms with Gasteiger partial charge in [0.2, 0.25) is 5.78 Å². The lowest BCUT2D eigenvalue weighted by atomic mass is 10.1. The molecule has 5 heteroatoms. The average Bonchev–Trinajstić information content (AvgIpc) is 2.65. The van der Waals surface area contributed by atoms with Crippen LogP contribution in [0.5, 0.6) is 0 Å². The summed E-state index contributed by atoms with van der Waals surface area (Å²) in [6.45, 7) is 0. The van der Waals surface area contributed by atoms with Gasteiger partial charge in [0, 0.05) is 16.0 Å². The third-order valence-electron chi connectivity index (χ3n) is 1.87. The van der Waals surface area contributed by atoms with E-state index in [1.807, 2.05) is 5.38 Å². The molecule has 15 heavy (non-hydrogen) atoms. The minimum Gasteiger partial charge on any atom is -0.383 e. The third kappa shape index (κ3) is 2.08. The number of carbonyl (C=O) groups is 1. The van der Waals surface area contributed by atoms with Crippen molar-refractivity contribution in [1.82, 2.24) is 4.98 Å². The summed E-state index contributed by atoms with van der Waals surface area (Å²) >= 11 is 4.68. The molecule has 2 aromatic rings. The number of nitrogens with two attached hydrogens (primary N) is 1. The van der Waals surface area contributed by atoms with Crippen molar-refractivity contribution in [2.75, 3.05) is 5.73 Å². The highest BCUT2D eigenvalue weighted by Crippen LogP contribution is 2.23. The molecule has 0 aliphatic heterocycles. The molecule has 2 N–H and O–H groups in total. The van der Waals surface area contributed by atoms with E-state index in [9.17, 15) is 4.79 Å². The van der Waals surface area contributed by atoms with Crippen molar-refractivity contribution in [2.45, 2.75) is 0 Å². The number of hydrogen-bond acceptors (Lipinski definition) is 4. The van der Waals surface area contributed by atoms with E-state index in [4.69, 9.17) is 5.73 Å². The van der Waals surface area contributed by atoms with Gasteiger partial charge in [-0.3, -0.25) is 4.79 Å². The number of rotatable bonds is 2. The molecular weight excluding hydrogens is 276 g/mol. The number of hydrogen-bond donors (Lipinski definition) is 1. The van der Waals surface area contributed by atoms with Crippen LogP contribution in [-0.2, 0) is 0 Å². The molecule has 2 heterocycles.